The third-order valence-electron chi connectivity index (χ3n) is 2.29. The van der Waals surface area contributed by atoms with Crippen LogP contribution in [0.5, 0.6) is 11.6 Å². The molecule has 19 heavy (non-hydrogen) atoms. The van der Waals surface area contributed by atoms with Crippen LogP contribution in [0.15, 0.2) is 30.3 Å². The molecule has 2 rings (SSSR count). The minimum Gasteiger partial charge on any atom is -0.478 e. The standard InChI is InChI=1S/C13H9ClFNO3/c1-7-4-8(13(17)18)5-12(16-7)19-9-2-3-11(15)10(14)6-9/h2-6H,1H3,(H,17,18). The van der Waals surface area contributed by atoms with Crippen LogP contribution in [0, 0.1) is 12.7 Å². The fourth-order valence-corrected chi connectivity index (χ4v) is 1.65. The lowest BCUT2D eigenvalue weighted by atomic mass is 10.2. The zero-order chi connectivity index (χ0) is 14.0. The van der Waals surface area contributed by atoms with E-state index >= 15 is 0 Å². The second-order valence-electron chi connectivity index (χ2n) is 3.82. The minimum atomic E-state index is -1.08. The number of carbonyl (C=O) groups is 1. The van der Waals surface area contributed by atoms with Gasteiger partial charge in [-0.05, 0) is 25.1 Å². The van der Waals surface area contributed by atoms with Crippen molar-refractivity contribution in [3.05, 3.63) is 52.4 Å². The van der Waals surface area contributed by atoms with E-state index in [4.69, 9.17) is 21.4 Å². The summed E-state index contributed by atoms with van der Waals surface area (Å²) in [6.07, 6.45) is 0. The van der Waals surface area contributed by atoms with E-state index in [0.717, 1.165) is 6.07 Å². The third-order valence-corrected chi connectivity index (χ3v) is 2.58. The van der Waals surface area contributed by atoms with Gasteiger partial charge in [-0.15, -0.1) is 0 Å². The maximum absolute atomic E-state index is 13.0. The van der Waals surface area contributed by atoms with E-state index in [2.05, 4.69) is 4.98 Å². The van der Waals surface area contributed by atoms with Gasteiger partial charge in [0.05, 0.1) is 10.6 Å². The van der Waals surface area contributed by atoms with Gasteiger partial charge in [0.2, 0.25) is 5.88 Å². The Bertz CT molecular complexity index is 646. The van der Waals surface area contributed by atoms with Crippen LogP contribution in [0.1, 0.15) is 16.1 Å². The number of rotatable bonds is 3. The van der Waals surface area contributed by atoms with E-state index in [1.807, 2.05) is 0 Å². The number of pyridine rings is 1. The summed E-state index contributed by atoms with van der Waals surface area (Å²) in [5, 5.41) is 8.85. The molecule has 0 unspecified atom stereocenters. The second kappa shape index (κ2) is 5.24. The van der Waals surface area contributed by atoms with E-state index in [1.165, 1.54) is 24.3 Å². The predicted molar refractivity (Wildman–Crippen MR) is 67.4 cm³/mol. The van der Waals surface area contributed by atoms with Gasteiger partial charge in [0.1, 0.15) is 11.6 Å². The van der Waals surface area contributed by atoms with Gasteiger partial charge >= 0.3 is 5.97 Å². The van der Waals surface area contributed by atoms with Crippen LogP contribution in [-0.4, -0.2) is 16.1 Å². The number of hydrogen-bond acceptors (Lipinski definition) is 3. The van der Waals surface area contributed by atoms with Crippen molar-refractivity contribution in [2.24, 2.45) is 0 Å². The topological polar surface area (TPSA) is 59.4 Å². The van der Waals surface area contributed by atoms with Gasteiger partial charge in [-0.2, -0.15) is 0 Å². The molecule has 0 saturated heterocycles. The molecule has 2 aromatic rings. The molecule has 0 amide bonds. The molecule has 4 nitrogen and oxygen atoms in total. The quantitative estimate of drug-likeness (QED) is 0.932. The number of aryl methyl sites for hydroxylation is 1. The Morgan fingerprint density at radius 1 is 1.37 bits per heavy atom. The van der Waals surface area contributed by atoms with Crippen molar-refractivity contribution in [3.8, 4) is 11.6 Å². The highest BCUT2D eigenvalue weighted by Crippen LogP contribution is 2.25. The number of hydrogen-bond donors (Lipinski definition) is 1. The monoisotopic (exact) mass is 281 g/mol. The summed E-state index contributed by atoms with van der Waals surface area (Å²) in [6.45, 7) is 1.65. The second-order valence-corrected chi connectivity index (χ2v) is 4.23. The zero-order valence-corrected chi connectivity index (χ0v) is 10.6. The van der Waals surface area contributed by atoms with Crippen LogP contribution in [0.4, 0.5) is 4.39 Å². The summed E-state index contributed by atoms with van der Waals surface area (Å²) in [6, 6.07) is 6.54. The van der Waals surface area contributed by atoms with Crippen molar-refractivity contribution in [1.29, 1.82) is 0 Å². The van der Waals surface area contributed by atoms with Gasteiger partial charge in [0.25, 0.3) is 0 Å². The van der Waals surface area contributed by atoms with Crippen LogP contribution in [-0.2, 0) is 0 Å². The lowest BCUT2D eigenvalue weighted by Gasteiger charge is -2.07. The maximum atomic E-state index is 13.0. The molecule has 1 aromatic carbocycles. The van der Waals surface area contributed by atoms with Gasteiger partial charge in [-0.3, -0.25) is 0 Å². The molecule has 0 fully saturated rings. The number of halogens is 2. The van der Waals surface area contributed by atoms with Gasteiger partial charge in [-0.1, -0.05) is 11.6 Å². The van der Waals surface area contributed by atoms with Crippen molar-refractivity contribution in [3.63, 3.8) is 0 Å². The molecule has 0 saturated carbocycles. The van der Waals surface area contributed by atoms with E-state index < -0.39 is 11.8 Å². The van der Waals surface area contributed by atoms with Crippen LogP contribution in [0.25, 0.3) is 0 Å². The molecule has 98 valence electrons. The third kappa shape index (κ3) is 3.20. The summed E-state index contributed by atoms with van der Waals surface area (Å²) in [7, 11) is 0. The first-order valence-corrected chi connectivity index (χ1v) is 5.68. The fraction of sp³-hybridized carbons (Fsp3) is 0.0769. The molecule has 0 aliphatic carbocycles. The van der Waals surface area contributed by atoms with E-state index in [0.29, 0.717) is 5.69 Å². The van der Waals surface area contributed by atoms with Gasteiger partial charge in [0.15, 0.2) is 0 Å². The average Bonchev–Trinajstić information content (AvgIpc) is 2.33. The van der Waals surface area contributed by atoms with Crippen LogP contribution < -0.4 is 4.74 Å². The SMILES string of the molecule is Cc1cc(C(=O)O)cc(Oc2ccc(F)c(Cl)c2)n1. The Labute approximate surface area is 113 Å². The van der Waals surface area contributed by atoms with Gasteiger partial charge in [-0.25, -0.2) is 14.2 Å². The van der Waals surface area contributed by atoms with E-state index in [-0.39, 0.29) is 22.2 Å². The lowest BCUT2D eigenvalue weighted by Crippen LogP contribution is -2.00. The molecule has 0 spiro atoms. The number of benzene rings is 1. The number of carboxylic acid groups (broad SMARTS) is 1. The summed E-state index contributed by atoms with van der Waals surface area (Å²) in [5.74, 6) is -1.24. The first-order valence-electron chi connectivity index (χ1n) is 5.30. The molecular formula is C13H9ClFNO3. The van der Waals surface area contributed by atoms with Gasteiger partial charge < -0.3 is 9.84 Å². The van der Waals surface area contributed by atoms with E-state index in [1.54, 1.807) is 6.92 Å². The lowest BCUT2D eigenvalue weighted by molar-refractivity contribution is 0.0696. The van der Waals surface area contributed by atoms with Crippen molar-refractivity contribution in [2.45, 2.75) is 6.92 Å². The fourth-order valence-electron chi connectivity index (χ4n) is 1.47. The minimum absolute atomic E-state index is 0.0655. The molecule has 0 aliphatic heterocycles. The molecular weight excluding hydrogens is 273 g/mol. The highest BCUT2D eigenvalue weighted by Gasteiger charge is 2.09. The molecule has 0 radical (unpaired) electrons. The largest absolute Gasteiger partial charge is 0.478 e. The molecule has 1 N–H and O–H groups in total. The summed E-state index contributed by atoms with van der Waals surface area (Å²) < 4.78 is 18.4. The molecule has 1 aromatic heterocycles. The van der Waals surface area contributed by atoms with E-state index in [9.17, 15) is 9.18 Å². The summed E-state index contributed by atoms with van der Waals surface area (Å²) in [5.41, 5.74) is 0.568. The Morgan fingerprint density at radius 3 is 2.74 bits per heavy atom. The van der Waals surface area contributed by atoms with Crippen LogP contribution in [0.3, 0.4) is 0 Å². The number of carboxylic acids is 1. The Hall–Kier alpha value is -2.14. The first kappa shape index (κ1) is 13.3. The number of ether oxygens (including phenoxy) is 1. The number of aromatic nitrogens is 1. The average molecular weight is 282 g/mol. The molecule has 6 heteroatoms. The van der Waals surface area contributed by atoms with Crippen molar-refractivity contribution < 1.29 is 19.0 Å². The molecule has 1 heterocycles. The van der Waals surface area contributed by atoms with Crippen molar-refractivity contribution >= 4 is 17.6 Å². The Morgan fingerprint density at radius 2 is 2.11 bits per heavy atom. The predicted octanol–water partition coefficient (Wildman–Crippen LogP) is 3.67. The van der Waals surface area contributed by atoms with Crippen molar-refractivity contribution in [2.75, 3.05) is 0 Å². The first-order chi connectivity index (χ1) is 8.95. The van der Waals surface area contributed by atoms with Gasteiger partial charge in [0, 0.05) is 17.8 Å². The normalized spacial score (nSPS) is 10.3. The highest BCUT2D eigenvalue weighted by molar-refractivity contribution is 6.30. The summed E-state index contributed by atoms with van der Waals surface area (Å²) in [4.78, 5) is 14.9. The zero-order valence-electron chi connectivity index (χ0n) is 9.85. The number of aromatic carboxylic acids is 1. The number of nitrogens with zero attached hydrogens (tertiary/aromatic N) is 1. The molecule has 0 atom stereocenters. The Balaban J connectivity index is 2.32. The molecule has 0 bridgehead atoms. The van der Waals surface area contributed by atoms with Crippen LogP contribution in [0.2, 0.25) is 5.02 Å². The molecule has 0 aliphatic rings. The Kier molecular flexibility index (Phi) is 3.66. The summed E-state index contributed by atoms with van der Waals surface area (Å²) >= 11 is 5.62. The maximum Gasteiger partial charge on any atom is 0.335 e. The van der Waals surface area contributed by atoms with Crippen LogP contribution >= 0.6 is 11.6 Å². The highest BCUT2D eigenvalue weighted by atomic mass is 35.5. The van der Waals surface area contributed by atoms with Crippen molar-refractivity contribution in [1.82, 2.24) is 4.98 Å². The smallest absolute Gasteiger partial charge is 0.335 e.